The van der Waals surface area contributed by atoms with Gasteiger partial charge in [0.05, 0.1) is 8.07 Å². The molecule has 80 valence electrons. The summed E-state index contributed by atoms with van der Waals surface area (Å²) in [5.74, 6) is 0. The Labute approximate surface area is 75.7 Å². The molecular weight excluding hydrogens is 225 g/mol. The lowest BCUT2D eigenvalue weighted by molar-refractivity contribution is -0.118. The van der Waals surface area contributed by atoms with Crippen molar-refractivity contribution in [2.75, 3.05) is 0 Å². The Morgan fingerprint density at radius 1 is 1.23 bits per heavy atom. The Bertz CT molecular complexity index is 262. The zero-order chi connectivity index (χ0) is 11.1. The van der Waals surface area contributed by atoms with E-state index in [1.54, 1.807) is 0 Å². The second-order valence-corrected chi connectivity index (χ2v) is 11.0. The lowest BCUT2D eigenvalue weighted by atomic mass is 10.8. The van der Waals surface area contributed by atoms with Gasteiger partial charge in [0, 0.05) is 0 Å². The van der Waals surface area contributed by atoms with Crippen molar-refractivity contribution in [2.24, 2.45) is 0 Å². The van der Waals surface area contributed by atoms with E-state index in [-0.39, 0.29) is 0 Å². The van der Waals surface area contributed by atoms with E-state index in [0.717, 1.165) is 0 Å². The summed E-state index contributed by atoms with van der Waals surface area (Å²) in [6.45, 7) is 3.59. The predicted molar refractivity (Wildman–Crippen MR) is 42.9 cm³/mol. The summed E-state index contributed by atoms with van der Waals surface area (Å²) in [4.78, 5) is -2.72. The zero-order valence-corrected chi connectivity index (χ0v) is 9.16. The molecule has 0 aromatic heterocycles. The van der Waals surface area contributed by atoms with E-state index in [1.807, 2.05) is 0 Å². The van der Waals surface area contributed by atoms with Crippen molar-refractivity contribution in [3.8, 4) is 0 Å². The first-order chi connectivity index (χ1) is 5.37. The van der Waals surface area contributed by atoms with Gasteiger partial charge in [-0.3, -0.25) is 0 Å². The van der Waals surface area contributed by atoms with Crippen LogP contribution in [0.1, 0.15) is 0 Å². The normalized spacial score (nSPS) is 17.2. The molecule has 0 saturated carbocycles. The van der Waals surface area contributed by atoms with E-state index < -0.39 is 29.2 Å². The fraction of sp³-hybridized carbons (Fsp3) is 1.00. The molecule has 0 aromatic carbocycles. The second kappa shape index (κ2) is 3.25. The summed E-state index contributed by atoms with van der Waals surface area (Å²) in [5.41, 5.74) is 0. The standard InChI is InChI=1S/C5H11F3O3SSi/c1-13(2,3)4(5(6,7)8)12(9,10)11/h4H,1-3H3,(H,9,10,11)/p-1. The van der Waals surface area contributed by atoms with Gasteiger partial charge in [0.15, 0.2) is 0 Å². The minimum Gasteiger partial charge on any atom is -0.748 e. The van der Waals surface area contributed by atoms with Crippen LogP contribution in [0.4, 0.5) is 13.2 Å². The first-order valence-corrected chi connectivity index (χ1v) is 8.43. The highest BCUT2D eigenvalue weighted by atomic mass is 32.2. The molecular formula is C5H10F3O3SSi-. The van der Waals surface area contributed by atoms with Crippen LogP contribution < -0.4 is 0 Å². The minimum atomic E-state index is -5.29. The molecule has 0 aliphatic rings. The van der Waals surface area contributed by atoms with E-state index in [9.17, 15) is 26.1 Å². The third kappa shape index (κ3) is 3.65. The highest BCUT2D eigenvalue weighted by Gasteiger charge is 2.52. The van der Waals surface area contributed by atoms with Crippen molar-refractivity contribution >= 4 is 18.2 Å². The molecule has 0 amide bonds. The molecule has 0 N–H and O–H groups in total. The smallest absolute Gasteiger partial charge is 0.401 e. The molecule has 0 fully saturated rings. The van der Waals surface area contributed by atoms with Gasteiger partial charge in [-0.05, 0) is 0 Å². The Kier molecular flexibility index (Phi) is 3.23. The first-order valence-electron chi connectivity index (χ1n) is 3.38. The average Bonchev–Trinajstić information content (AvgIpc) is 1.44. The third-order valence-corrected chi connectivity index (χ3v) is 7.10. The molecule has 0 aliphatic carbocycles. The van der Waals surface area contributed by atoms with Crippen LogP contribution in [0, 0.1) is 0 Å². The summed E-state index contributed by atoms with van der Waals surface area (Å²) in [5, 5.41) is 0. The van der Waals surface area contributed by atoms with Crippen LogP contribution in [0.3, 0.4) is 0 Å². The minimum absolute atomic E-state index is 1.20. The number of hydrogen-bond acceptors (Lipinski definition) is 3. The van der Waals surface area contributed by atoms with Gasteiger partial charge in [-0.15, -0.1) is 0 Å². The first kappa shape index (κ1) is 12.9. The van der Waals surface area contributed by atoms with Gasteiger partial charge >= 0.3 is 6.18 Å². The topological polar surface area (TPSA) is 57.2 Å². The summed E-state index contributed by atoms with van der Waals surface area (Å²) in [6.07, 6.45) is -4.95. The van der Waals surface area contributed by atoms with Gasteiger partial charge in [-0.25, -0.2) is 8.42 Å². The SMILES string of the molecule is C[Si](C)(C)C(C(F)(F)F)S(=O)(=O)[O-]. The second-order valence-electron chi connectivity index (χ2n) is 3.78. The molecule has 3 nitrogen and oxygen atoms in total. The van der Waals surface area contributed by atoms with Crippen molar-refractivity contribution in [2.45, 2.75) is 30.7 Å². The van der Waals surface area contributed by atoms with Crippen LogP contribution in [0.2, 0.25) is 19.6 Å². The molecule has 1 atom stereocenters. The van der Waals surface area contributed by atoms with Crippen LogP contribution in [0.5, 0.6) is 0 Å². The molecule has 0 rings (SSSR count). The highest BCUT2D eigenvalue weighted by molar-refractivity contribution is 7.88. The van der Waals surface area contributed by atoms with Gasteiger partial charge in [-0.2, -0.15) is 13.2 Å². The average molecular weight is 235 g/mol. The molecule has 0 saturated heterocycles. The molecule has 13 heavy (non-hydrogen) atoms. The van der Waals surface area contributed by atoms with Crippen LogP contribution >= 0.6 is 0 Å². The predicted octanol–water partition coefficient (Wildman–Crippen LogP) is 1.34. The molecule has 0 aliphatic heterocycles. The molecule has 0 heterocycles. The maximum atomic E-state index is 12.2. The van der Waals surface area contributed by atoms with Crippen LogP contribution in [-0.2, 0) is 10.1 Å². The van der Waals surface area contributed by atoms with Gasteiger partial charge in [-0.1, -0.05) is 19.6 Å². The number of rotatable bonds is 2. The van der Waals surface area contributed by atoms with Crippen molar-refractivity contribution in [3.05, 3.63) is 0 Å². The lowest BCUT2D eigenvalue weighted by Crippen LogP contribution is -2.53. The molecule has 8 heteroatoms. The van der Waals surface area contributed by atoms with E-state index in [2.05, 4.69) is 0 Å². The van der Waals surface area contributed by atoms with Crippen molar-refractivity contribution in [1.29, 1.82) is 0 Å². The van der Waals surface area contributed by atoms with Crippen LogP contribution in [0.25, 0.3) is 0 Å². The van der Waals surface area contributed by atoms with Crippen LogP contribution in [0.15, 0.2) is 0 Å². The molecule has 0 aromatic rings. The Morgan fingerprint density at radius 3 is 1.54 bits per heavy atom. The number of hydrogen-bond donors (Lipinski definition) is 0. The van der Waals surface area contributed by atoms with Crippen molar-refractivity contribution in [1.82, 2.24) is 0 Å². The summed E-state index contributed by atoms with van der Waals surface area (Å²) in [7, 11) is -8.38. The van der Waals surface area contributed by atoms with E-state index in [0.29, 0.717) is 0 Å². The van der Waals surface area contributed by atoms with Crippen molar-refractivity contribution < 1.29 is 26.1 Å². The fourth-order valence-electron chi connectivity index (χ4n) is 1.09. The van der Waals surface area contributed by atoms with Gasteiger partial charge in [0.25, 0.3) is 0 Å². The van der Waals surface area contributed by atoms with Gasteiger partial charge < -0.3 is 4.55 Å². The number of halogens is 3. The summed E-state index contributed by atoms with van der Waals surface area (Å²) < 4.78 is 67.7. The van der Waals surface area contributed by atoms with E-state index >= 15 is 0 Å². The van der Waals surface area contributed by atoms with Crippen LogP contribution in [-0.4, -0.2) is 32.1 Å². The third-order valence-electron chi connectivity index (χ3n) is 1.37. The Hall–Kier alpha value is -0.0831. The lowest BCUT2D eigenvalue weighted by Gasteiger charge is -2.32. The molecule has 0 radical (unpaired) electrons. The summed E-state index contributed by atoms with van der Waals surface area (Å²) in [6, 6.07) is 0. The zero-order valence-electron chi connectivity index (χ0n) is 7.34. The Balaban J connectivity index is 5.28. The molecule has 0 spiro atoms. The quantitative estimate of drug-likeness (QED) is 0.536. The molecule has 0 bridgehead atoms. The maximum Gasteiger partial charge on any atom is 0.401 e. The van der Waals surface area contributed by atoms with E-state index in [4.69, 9.17) is 0 Å². The Morgan fingerprint density at radius 2 is 1.54 bits per heavy atom. The van der Waals surface area contributed by atoms with Crippen molar-refractivity contribution in [3.63, 3.8) is 0 Å². The van der Waals surface area contributed by atoms with Gasteiger partial charge in [0.1, 0.15) is 15.0 Å². The van der Waals surface area contributed by atoms with Gasteiger partial charge in [0.2, 0.25) is 0 Å². The number of alkyl halides is 3. The molecule has 1 unspecified atom stereocenters. The largest absolute Gasteiger partial charge is 0.748 e. The summed E-state index contributed by atoms with van der Waals surface area (Å²) >= 11 is 0. The maximum absolute atomic E-state index is 12.2. The fourth-order valence-corrected chi connectivity index (χ4v) is 5.86. The van der Waals surface area contributed by atoms with E-state index in [1.165, 1.54) is 19.6 Å². The monoisotopic (exact) mass is 235 g/mol. The highest BCUT2D eigenvalue weighted by Crippen LogP contribution is 2.32.